The summed E-state index contributed by atoms with van der Waals surface area (Å²) in [4.78, 5) is 24.3. The van der Waals surface area contributed by atoms with Crippen LogP contribution in [0, 0.1) is 28.6 Å². The standard InChI is InChI=1S/C21H32O5/c1-12(22)26-18-10-14-15-4-5-17(24)19(15,2)8-7-16(14)20(3)9-6-13(23)11-21(18,20)25/h13-16,18,23,25H,4-11H2,1-3H3/t13-,14+,15+,16+,18+,19+,20-,21+/m1/s1. The topological polar surface area (TPSA) is 83.8 Å². The lowest BCUT2D eigenvalue weighted by molar-refractivity contribution is -0.267. The van der Waals surface area contributed by atoms with E-state index < -0.39 is 17.8 Å². The molecule has 0 bridgehead atoms. The molecule has 0 aliphatic heterocycles. The van der Waals surface area contributed by atoms with Gasteiger partial charge in [-0.25, -0.2) is 0 Å². The molecule has 5 nitrogen and oxygen atoms in total. The van der Waals surface area contributed by atoms with Crippen LogP contribution in [0.3, 0.4) is 0 Å². The molecule has 146 valence electrons. The van der Waals surface area contributed by atoms with E-state index in [0.29, 0.717) is 42.8 Å². The summed E-state index contributed by atoms with van der Waals surface area (Å²) in [7, 11) is 0. The summed E-state index contributed by atoms with van der Waals surface area (Å²) >= 11 is 0. The predicted molar refractivity (Wildman–Crippen MR) is 95.1 cm³/mol. The Labute approximate surface area is 155 Å². The zero-order valence-electron chi connectivity index (χ0n) is 16.2. The summed E-state index contributed by atoms with van der Waals surface area (Å²) in [5, 5.41) is 22.0. The maximum atomic E-state index is 12.6. The van der Waals surface area contributed by atoms with Gasteiger partial charge < -0.3 is 14.9 Å². The zero-order chi connectivity index (χ0) is 18.9. The van der Waals surface area contributed by atoms with Crippen molar-refractivity contribution >= 4 is 11.8 Å². The van der Waals surface area contributed by atoms with Crippen molar-refractivity contribution in [1.29, 1.82) is 0 Å². The Bertz CT molecular complexity index is 632. The van der Waals surface area contributed by atoms with Crippen LogP contribution in [0.4, 0.5) is 0 Å². The predicted octanol–water partition coefficient (Wildman–Crippen LogP) is 2.62. The molecule has 0 aromatic carbocycles. The van der Waals surface area contributed by atoms with Crippen molar-refractivity contribution in [3.63, 3.8) is 0 Å². The fourth-order valence-electron chi connectivity index (χ4n) is 7.35. The molecule has 0 aromatic heterocycles. The second-order valence-electron chi connectivity index (χ2n) is 9.87. The lowest BCUT2D eigenvalue weighted by Crippen LogP contribution is -2.69. The van der Waals surface area contributed by atoms with E-state index in [1.807, 2.05) is 0 Å². The molecular formula is C21H32O5. The van der Waals surface area contributed by atoms with Crippen LogP contribution in [0.25, 0.3) is 0 Å². The zero-order valence-corrected chi connectivity index (χ0v) is 16.2. The number of hydrogen-bond acceptors (Lipinski definition) is 5. The summed E-state index contributed by atoms with van der Waals surface area (Å²) in [5.41, 5.74) is -1.82. The third-order valence-electron chi connectivity index (χ3n) is 8.82. The van der Waals surface area contributed by atoms with E-state index >= 15 is 0 Å². The van der Waals surface area contributed by atoms with E-state index in [9.17, 15) is 19.8 Å². The minimum atomic E-state index is -1.19. The van der Waals surface area contributed by atoms with Crippen molar-refractivity contribution in [2.75, 3.05) is 0 Å². The van der Waals surface area contributed by atoms with Gasteiger partial charge in [0.25, 0.3) is 0 Å². The smallest absolute Gasteiger partial charge is 0.303 e. The van der Waals surface area contributed by atoms with Crippen LogP contribution in [0.1, 0.15) is 72.1 Å². The second kappa shape index (κ2) is 5.78. The Balaban J connectivity index is 1.75. The molecule has 8 atom stereocenters. The van der Waals surface area contributed by atoms with Gasteiger partial charge in [0.2, 0.25) is 0 Å². The Morgan fingerprint density at radius 1 is 1.15 bits per heavy atom. The number of rotatable bonds is 1. The fraction of sp³-hybridized carbons (Fsp3) is 0.905. The number of aliphatic hydroxyl groups excluding tert-OH is 1. The SMILES string of the molecule is CC(=O)O[C@H]1C[C@H]2[C@@H]3CCC(=O)[C@@]3(C)CC[C@@H]2[C@@]2(C)CC[C@@H](O)C[C@]12O. The van der Waals surface area contributed by atoms with Crippen LogP contribution in [0.15, 0.2) is 0 Å². The molecule has 5 heteroatoms. The molecule has 4 saturated carbocycles. The molecule has 0 heterocycles. The number of esters is 1. The highest BCUT2D eigenvalue weighted by Gasteiger charge is 2.68. The molecule has 2 N–H and O–H groups in total. The monoisotopic (exact) mass is 364 g/mol. The van der Waals surface area contributed by atoms with E-state index in [0.717, 1.165) is 25.7 Å². The van der Waals surface area contributed by atoms with Crippen LogP contribution >= 0.6 is 0 Å². The van der Waals surface area contributed by atoms with Gasteiger partial charge in [0.05, 0.1) is 6.10 Å². The number of ketones is 1. The van der Waals surface area contributed by atoms with E-state index in [2.05, 4.69) is 13.8 Å². The number of carbonyl (C=O) groups is 2. The number of fused-ring (bicyclic) bond motifs is 5. The summed E-state index contributed by atoms with van der Waals surface area (Å²) in [6.45, 7) is 5.64. The third kappa shape index (κ3) is 2.29. The van der Waals surface area contributed by atoms with Crippen molar-refractivity contribution in [3.05, 3.63) is 0 Å². The van der Waals surface area contributed by atoms with E-state index in [1.54, 1.807) is 0 Å². The van der Waals surface area contributed by atoms with Gasteiger partial charge >= 0.3 is 5.97 Å². The second-order valence-corrected chi connectivity index (χ2v) is 9.87. The summed E-state index contributed by atoms with van der Waals surface area (Å²) in [6, 6.07) is 0. The molecule has 0 amide bonds. The fourth-order valence-corrected chi connectivity index (χ4v) is 7.35. The van der Waals surface area contributed by atoms with Gasteiger partial charge in [0.1, 0.15) is 17.5 Å². The van der Waals surface area contributed by atoms with Gasteiger partial charge in [-0.15, -0.1) is 0 Å². The number of ether oxygens (including phenoxy) is 1. The minimum absolute atomic E-state index is 0.248. The Morgan fingerprint density at radius 3 is 2.58 bits per heavy atom. The largest absolute Gasteiger partial charge is 0.459 e. The molecular weight excluding hydrogens is 332 g/mol. The molecule has 0 unspecified atom stereocenters. The van der Waals surface area contributed by atoms with Crippen molar-refractivity contribution in [2.45, 2.75) is 89.9 Å². The molecule has 0 spiro atoms. The highest BCUT2D eigenvalue weighted by Crippen LogP contribution is 2.66. The highest BCUT2D eigenvalue weighted by molar-refractivity contribution is 5.87. The maximum absolute atomic E-state index is 12.6. The number of carbonyl (C=O) groups excluding carboxylic acids is 2. The average molecular weight is 364 g/mol. The van der Waals surface area contributed by atoms with Gasteiger partial charge in [0.15, 0.2) is 0 Å². The lowest BCUT2D eigenvalue weighted by atomic mass is 9.43. The minimum Gasteiger partial charge on any atom is -0.459 e. The summed E-state index contributed by atoms with van der Waals surface area (Å²) in [5.74, 6) is 0.932. The Hall–Kier alpha value is -0.940. The number of aliphatic hydroxyl groups is 2. The first kappa shape index (κ1) is 18.4. The maximum Gasteiger partial charge on any atom is 0.303 e. The Kier molecular flexibility index (Phi) is 4.09. The van der Waals surface area contributed by atoms with Gasteiger partial charge in [-0.1, -0.05) is 13.8 Å². The molecule has 0 aromatic rings. The summed E-state index contributed by atoms with van der Waals surface area (Å²) < 4.78 is 5.65. The van der Waals surface area contributed by atoms with Crippen molar-refractivity contribution in [2.24, 2.45) is 28.6 Å². The molecule has 0 saturated heterocycles. The van der Waals surface area contributed by atoms with Gasteiger partial charge in [-0.2, -0.15) is 0 Å². The normalized spacial score (nSPS) is 53.4. The first-order valence-corrected chi connectivity index (χ1v) is 10.2. The van der Waals surface area contributed by atoms with Crippen molar-refractivity contribution < 1.29 is 24.5 Å². The third-order valence-corrected chi connectivity index (χ3v) is 8.82. The first-order chi connectivity index (χ1) is 12.1. The first-order valence-electron chi connectivity index (χ1n) is 10.2. The van der Waals surface area contributed by atoms with Crippen LogP contribution in [-0.4, -0.2) is 39.8 Å². The highest BCUT2D eigenvalue weighted by atomic mass is 16.6. The van der Waals surface area contributed by atoms with Crippen LogP contribution < -0.4 is 0 Å². The molecule has 4 aliphatic rings. The lowest BCUT2D eigenvalue weighted by Gasteiger charge is -2.65. The average Bonchev–Trinajstić information content (AvgIpc) is 2.85. The van der Waals surface area contributed by atoms with Gasteiger partial charge in [-0.05, 0) is 56.3 Å². The number of hydrogen-bond donors (Lipinski definition) is 2. The Morgan fingerprint density at radius 2 is 1.88 bits per heavy atom. The number of Topliss-reactive ketones (excluding diaryl/α,β-unsaturated/α-hetero) is 1. The molecule has 4 rings (SSSR count). The van der Waals surface area contributed by atoms with Crippen LogP contribution in [-0.2, 0) is 14.3 Å². The molecule has 0 radical (unpaired) electrons. The van der Waals surface area contributed by atoms with E-state index in [1.165, 1.54) is 6.92 Å². The van der Waals surface area contributed by atoms with E-state index in [4.69, 9.17) is 4.74 Å². The van der Waals surface area contributed by atoms with Crippen LogP contribution in [0.2, 0.25) is 0 Å². The van der Waals surface area contributed by atoms with Crippen molar-refractivity contribution in [1.82, 2.24) is 0 Å². The molecule has 26 heavy (non-hydrogen) atoms. The van der Waals surface area contributed by atoms with Gasteiger partial charge in [0, 0.05) is 30.6 Å². The van der Waals surface area contributed by atoms with E-state index in [-0.39, 0.29) is 23.2 Å². The van der Waals surface area contributed by atoms with Crippen molar-refractivity contribution in [3.8, 4) is 0 Å². The quantitative estimate of drug-likeness (QED) is 0.699. The molecule has 4 fully saturated rings. The van der Waals surface area contributed by atoms with Crippen LogP contribution in [0.5, 0.6) is 0 Å². The summed E-state index contributed by atoms with van der Waals surface area (Å²) in [6.07, 6.45) is 4.54. The molecule has 4 aliphatic carbocycles. The van der Waals surface area contributed by atoms with Gasteiger partial charge in [-0.3, -0.25) is 9.59 Å².